The Bertz CT molecular complexity index is 3150. The molecule has 2 aliphatic rings. The second kappa shape index (κ2) is 11.2. The highest BCUT2D eigenvalue weighted by atomic mass is 15.1. The molecular formula is C48H31N5. The summed E-state index contributed by atoms with van der Waals surface area (Å²) in [6.45, 7) is 0. The Hall–Kier alpha value is -7.08. The third kappa shape index (κ3) is 4.05. The number of rotatable bonds is 3. The van der Waals surface area contributed by atoms with E-state index in [1.807, 2.05) is 24.3 Å². The number of para-hydroxylation sites is 4. The summed E-state index contributed by atoms with van der Waals surface area (Å²) in [5.41, 5.74) is 11.1. The zero-order chi connectivity index (χ0) is 35.2. The maximum Gasteiger partial charge on any atom is 0.101 e. The minimum atomic E-state index is 0.363. The van der Waals surface area contributed by atoms with Gasteiger partial charge in [0, 0.05) is 38.5 Å². The lowest BCUT2D eigenvalue weighted by Crippen LogP contribution is -2.16. The summed E-state index contributed by atoms with van der Waals surface area (Å²) in [5, 5.41) is 27.7. The number of aromatic nitrogens is 3. The molecule has 53 heavy (non-hydrogen) atoms. The average Bonchev–Trinajstić information content (AvgIpc) is 3.86. The Morgan fingerprint density at radius 1 is 0.528 bits per heavy atom. The molecule has 0 saturated carbocycles. The topological polar surface area (TPSA) is 62.4 Å². The molecule has 0 saturated heterocycles. The van der Waals surface area contributed by atoms with E-state index in [2.05, 4.69) is 153 Å². The van der Waals surface area contributed by atoms with E-state index in [1.54, 1.807) is 0 Å². The van der Waals surface area contributed by atoms with Gasteiger partial charge in [0.25, 0.3) is 0 Å². The summed E-state index contributed by atoms with van der Waals surface area (Å²) in [6, 6.07) is 49.4. The number of nitriles is 2. The van der Waals surface area contributed by atoms with Gasteiger partial charge in [-0.05, 0) is 72.9 Å². The van der Waals surface area contributed by atoms with Gasteiger partial charge >= 0.3 is 0 Å². The Kier molecular flexibility index (Phi) is 6.27. The molecule has 2 aliphatic carbocycles. The van der Waals surface area contributed by atoms with Gasteiger partial charge in [0.15, 0.2) is 0 Å². The number of hydrogen-bond donors (Lipinski definition) is 0. The predicted octanol–water partition coefficient (Wildman–Crippen LogP) is 11.6. The molecule has 248 valence electrons. The van der Waals surface area contributed by atoms with E-state index in [4.69, 9.17) is 0 Å². The van der Waals surface area contributed by atoms with Crippen molar-refractivity contribution in [3.8, 4) is 29.2 Å². The van der Waals surface area contributed by atoms with Crippen LogP contribution in [-0.4, -0.2) is 13.7 Å². The second-order valence-electron chi connectivity index (χ2n) is 14.2. The predicted molar refractivity (Wildman–Crippen MR) is 215 cm³/mol. The van der Waals surface area contributed by atoms with E-state index in [9.17, 15) is 10.5 Å². The molecule has 0 amide bonds. The summed E-state index contributed by atoms with van der Waals surface area (Å²) in [6.07, 6.45) is 11.3. The molecule has 0 bridgehead atoms. The summed E-state index contributed by atoms with van der Waals surface area (Å²) >= 11 is 0. The van der Waals surface area contributed by atoms with Crippen LogP contribution in [0.25, 0.3) is 77.7 Å². The first-order valence-electron chi connectivity index (χ1n) is 18.2. The summed E-state index contributed by atoms with van der Waals surface area (Å²) in [4.78, 5) is 0. The van der Waals surface area contributed by atoms with E-state index in [-0.39, 0.29) is 0 Å². The van der Waals surface area contributed by atoms with Crippen molar-refractivity contribution >= 4 is 60.6 Å². The molecule has 0 radical (unpaired) electrons. The Balaban J connectivity index is 1.25. The van der Waals surface area contributed by atoms with Crippen LogP contribution >= 0.6 is 0 Å². The van der Waals surface area contributed by atoms with Gasteiger partial charge in [0.1, 0.15) is 12.1 Å². The standard InChI is InChI=1S/C48H31N5/c49-28-31-27-45(32(29-50)26-44(31)52-42-21-11-8-18-39(42)46-34-15-5-4-12-30(34)22-25-43(46)52)53-41-20-10-7-17-36(41)38-24-23-37-35-16-6-9-19-40(35)51(47(37)48(38)53)33-13-2-1-3-14-33/h1-4,6-14,16-27,30,34H,5,15H2. The first kappa shape index (κ1) is 29.6. The second-order valence-corrected chi connectivity index (χ2v) is 14.2. The number of hydrogen-bond acceptors (Lipinski definition) is 2. The van der Waals surface area contributed by atoms with Crippen molar-refractivity contribution in [1.29, 1.82) is 10.5 Å². The van der Waals surface area contributed by atoms with Gasteiger partial charge in [-0.2, -0.15) is 10.5 Å². The fourth-order valence-electron chi connectivity index (χ4n) is 9.41. The van der Waals surface area contributed by atoms with Crippen molar-refractivity contribution in [2.75, 3.05) is 0 Å². The van der Waals surface area contributed by atoms with Gasteiger partial charge < -0.3 is 13.7 Å². The van der Waals surface area contributed by atoms with Gasteiger partial charge in [-0.15, -0.1) is 0 Å². The van der Waals surface area contributed by atoms with E-state index >= 15 is 0 Å². The third-order valence-electron chi connectivity index (χ3n) is 11.6. The SMILES string of the molecule is N#Cc1cc(-n2c3ccccc3c3ccc4c5ccccc5n(-c5ccccc5)c4c32)c(C#N)cc1-n1c2c(c3ccccc31)C1CCC=CC1C=C2. The molecule has 0 spiro atoms. The van der Waals surface area contributed by atoms with Crippen LogP contribution in [0.15, 0.2) is 146 Å². The summed E-state index contributed by atoms with van der Waals surface area (Å²) < 4.78 is 6.78. The summed E-state index contributed by atoms with van der Waals surface area (Å²) in [7, 11) is 0. The number of nitrogens with zero attached hydrogens (tertiary/aromatic N) is 5. The molecule has 2 atom stereocenters. The number of allylic oxidation sites excluding steroid dienone is 3. The van der Waals surface area contributed by atoms with Gasteiger partial charge in [-0.3, -0.25) is 0 Å². The van der Waals surface area contributed by atoms with Gasteiger partial charge in [-0.1, -0.05) is 103 Å². The summed E-state index contributed by atoms with van der Waals surface area (Å²) in [5.74, 6) is 0.740. The molecule has 2 unspecified atom stereocenters. The molecule has 9 aromatic rings. The number of fused-ring (bicyclic) bond motifs is 12. The van der Waals surface area contributed by atoms with E-state index in [1.165, 1.54) is 10.9 Å². The lowest BCUT2D eigenvalue weighted by atomic mass is 9.75. The van der Waals surface area contributed by atoms with Crippen molar-refractivity contribution in [3.63, 3.8) is 0 Å². The van der Waals surface area contributed by atoms with Crippen molar-refractivity contribution in [2.45, 2.75) is 18.8 Å². The van der Waals surface area contributed by atoms with Gasteiger partial charge in [0.2, 0.25) is 0 Å². The highest BCUT2D eigenvalue weighted by Crippen LogP contribution is 2.47. The van der Waals surface area contributed by atoms with E-state index < -0.39 is 0 Å². The molecule has 0 N–H and O–H groups in total. The monoisotopic (exact) mass is 677 g/mol. The molecule has 11 rings (SSSR count). The van der Waals surface area contributed by atoms with Crippen LogP contribution in [0, 0.1) is 28.6 Å². The molecule has 5 heteroatoms. The zero-order valence-electron chi connectivity index (χ0n) is 28.7. The smallest absolute Gasteiger partial charge is 0.101 e. The van der Waals surface area contributed by atoms with E-state index in [0.29, 0.717) is 28.7 Å². The van der Waals surface area contributed by atoms with Crippen LogP contribution in [0.4, 0.5) is 0 Å². The maximum absolute atomic E-state index is 11.0. The first-order valence-corrected chi connectivity index (χ1v) is 18.2. The molecular weight excluding hydrogens is 647 g/mol. The van der Waals surface area contributed by atoms with Crippen molar-refractivity contribution in [3.05, 3.63) is 168 Å². The Morgan fingerprint density at radius 2 is 1.08 bits per heavy atom. The quantitative estimate of drug-likeness (QED) is 0.175. The van der Waals surface area contributed by atoms with Gasteiger partial charge in [0.05, 0.1) is 55.8 Å². The van der Waals surface area contributed by atoms with Crippen LogP contribution in [-0.2, 0) is 0 Å². The minimum absolute atomic E-state index is 0.363. The fraction of sp³-hybridized carbons (Fsp3) is 0.0833. The highest BCUT2D eigenvalue weighted by Gasteiger charge is 2.32. The largest absolute Gasteiger partial charge is 0.308 e. The Labute approximate surface area is 305 Å². The zero-order valence-corrected chi connectivity index (χ0v) is 28.7. The highest BCUT2D eigenvalue weighted by molar-refractivity contribution is 6.24. The lowest BCUT2D eigenvalue weighted by molar-refractivity contribution is 0.527. The average molecular weight is 678 g/mol. The lowest BCUT2D eigenvalue weighted by Gasteiger charge is -2.29. The Morgan fingerprint density at radius 3 is 1.74 bits per heavy atom. The molecule has 5 nitrogen and oxygen atoms in total. The fourth-order valence-corrected chi connectivity index (χ4v) is 9.41. The molecule has 0 fully saturated rings. The van der Waals surface area contributed by atoms with Crippen molar-refractivity contribution in [2.24, 2.45) is 5.92 Å². The van der Waals surface area contributed by atoms with Crippen molar-refractivity contribution < 1.29 is 0 Å². The van der Waals surface area contributed by atoms with Crippen LogP contribution in [0.1, 0.15) is 41.1 Å². The van der Waals surface area contributed by atoms with Crippen LogP contribution in [0.5, 0.6) is 0 Å². The number of benzene rings is 6. The van der Waals surface area contributed by atoms with Crippen LogP contribution in [0.3, 0.4) is 0 Å². The third-order valence-corrected chi connectivity index (χ3v) is 11.6. The van der Waals surface area contributed by atoms with Crippen molar-refractivity contribution in [1.82, 2.24) is 13.7 Å². The maximum atomic E-state index is 11.0. The first-order chi connectivity index (χ1) is 26.2. The molecule has 3 aromatic heterocycles. The minimum Gasteiger partial charge on any atom is -0.308 e. The normalized spacial score (nSPS) is 16.3. The van der Waals surface area contributed by atoms with Crippen LogP contribution in [0.2, 0.25) is 0 Å². The van der Waals surface area contributed by atoms with Crippen LogP contribution < -0.4 is 0 Å². The molecule has 3 heterocycles. The van der Waals surface area contributed by atoms with Gasteiger partial charge in [-0.25, -0.2) is 0 Å². The van der Waals surface area contributed by atoms with E-state index in [0.717, 1.165) is 79.0 Å². The molecule has 6 aromatic carbocycles. The molecule has 0 aliphatic heterocycles.